The smallest absolute Gasteiger partial charge is 0.292 e. The lowest BCUT2D eigenvalue weighted by atomic mass is 10.2. The minimum Gasteiger partial charge on any atom is -0.497 e. The van der Waals surface area contributed by atoms with Crippen molar-refractivity contribution in [2.24, 2.45) is 0 Å². The van der Waals surface area contributed by atoms with Gasteiger partial charge in [0.15, 0.2) is 0 Å². The normalized spacial score (nSPS) is 14.5. The second-order valence-electron chi connectivity index (χ2n) is 7.38. The van der Waals surface area contributed by atoms with Crippen molar-refractivity contribution < 1.29 is 4.74 Å². The Bertz CT molecular complexity index is 1070. The van der Waals surface area contributed by atoms with Crippen molar-refractivity contribution in [3.8, 4) is 11.4 Å². The number of ether oxygens (including phenoxy) is 1. The van der Waals surface area contributed by atoms with Crippen LogP contribution in [0.3, 0.4) is 0 Å². The number of piperazine rings is 1. The van der Waals surface area contributed by atoms with Crippen molar-refractivity contribution in [3.05, 3.63) is 76.2 Å². The second-order valence-corrected chi connectivity index (χ2v) is 7.76. The molecular formula is C23H26ClN5O2. The number of methoxy groups -OCH3 is 1. The third-order valence-corrected chi connectivity index (χ3v) is 5.80. The molecule has 1 N–H and O–H groups in total. The van der Waals surface area contributed by atoms with Gasteiger partial charge in [0.05, 0.1) is 24.7 Å². The van der Waals surface area contributed by atoms with Gasteiger partial charge in [-0.25, -0.2) is 0 Å². The second kappa shape index (κ2) is 9.85. The van der Waals surface area contributed by atoms with Gasteiger partial charge in [0.1, 0.15) is 10.8 Å². The Balaban J connectivity index is 1.32. The fraction of sp³-hybridized carbons (Fsp3) is 0.304. The Morgan fingerprint density at radius 1 is 1.06 bits per heavy atom. The molecule has 4 rings (SSSR count). The van der Waals surface area contributed by atoms with E-state index in [0.29, 0.717) is 11.4 Å². The number of hydrogen-bond acceptors (Lipinski definition) is 6. The van der Waals surface area contributed by atoms with E-state index in [-0.39, 0.29) is 10.6 Å². The van der Waals surface area contributed by atoms with Gasteiger partial charge in [0.2, 0.25) is 0 Å². The van der Waals surface area contributed by atoms with Gasteiger partial charge in [0.25, 0.3) is 5.56 Å². The number of nitrogens with zero attached hydrogens (tertiary/aromatic N) is 4. The van der Waals surface area contributed by atoms with Crippen molar-refractivity contribution in [1.29, 1.82) is 0 Å². The predicted octanol–water partition coefficient (Wildman–Crippen LogP) is 3.13. The van der Waals surface area contributed by atoms with Crippen molar-refractivity contribution in [2.45, 2.75) is 0 Å². The zero-order valence-corrected chi connectivity index (χ0v) is 18.3. The predicted molar refractivity (Wildman–Crippen MR) is 125 cm³/mol. The Hall–Kier alpha value is -3.03. The average molecular weight is 440 g/mol. The standard InChI is InChI=1S/C23H26ClN5O2/c1-31-20-9-5-6-18(16-20)25-10-11-27-12-14-28(15-13-27)21-17-26-29(23(30)22(21)24)19-7-3-2-4-8-19/h2-9,16-17,25H,10-15H2,1H3. The van der Waals surface area contributed by atoms with Crippen LogP contribution in [0, 0.1) is 0 Å². The number of nitrogens with one attached hydrogen (secondary N) is 1. The minimum absolute atomic E-state index is 0.215. The zero-order chi connectivity index (χ0) is 21.6. The molecule has 8 heteroatoms. The van der Waals surface area contributed by atoms with Gasteiger partial charge in [-0.2, -0.15) is 9.78 Å². The van der Waals surface area contributed by atoms with E-state index in [2.05, 4.69) is 20.2 Å². The first-order valence-electron chi connectivity index (χ1n) is 10.3. The fourth-order valence-electron chi connectivity index (χ4n) is 3.70. The molecule has 1 aliphatic heterocycles. The molecule has 1 saturated heterocycles. The van der Waals surface area contributed by atoms with E-state index in [1.54, 1.807) is 13.3 Å². The molecule has 0 aliphatic carbocycles. The molecule has 2 heterocycles. The minimum atomic E-state index is -0.296. The van der Waals surface area contributed by atoms with Gasteiger partial charge in [0, 0.05) is 51.0 Å². The van der Waals surface area contributed by atoms with Crippen LogP contribution in [0.25, 0.3) is 5.69 Å². The van der Waals surface area contributed by atoms with Gasteiger partial charge in [-0.3, -0.25) is 9.69 Å². The number of halogens is 1. The number of benzene rings is 2. The quantitative estimate of drug-likeness (QED) is 0.610. The molecule has 3 aromatic rings. The molecule has 0 radical (unpaired) electrons. The Kier molecular flexibility index (Phi) is 6.74. The van der Waals surface area contributed by atoms with Crippen LogP contribution in [0.5, 0.6) is 5.75 Å². The Morgan fingerprint density at radius 2 is 1.84 bits per heavy atom. The SMILES string of the molecule is COc1cccc(NCCN2CCN(c3cnn(-c4ccccc4)c(=O)c3Cl)CC2)c1. The van der Waals surface area contributed by atoms with E-state index in [9.17, 15) is 4.79 Å². The lowest BCUT2D eigenvalue weighted by molar-refractivity contribution is 0.267. The number of rotatable bonds is 7. The summed E-state index contributed by atoms with van der Waals surface area (Å²) < 4.78 is 6.60. The monoisotopic (exact) mass is 439 g/mol. The molecule has 1 fully saturated rings. The molecule has 162 valence electrons. The summed E-state index contributed by atoms with van der Waals surface area (Å²) in [5, 5.41) is 8.00. The van der Waals surface area contributed by atoms with E-state index in [4.69, 9.17) is 16.3 Å². The highest BCUT2D eigenvalue weighted by Gasteiger charge is 2.21. The van der Waals surface area contributed by atoms with E-state index in [1.807, 2.05) is 54.6 Å². The first kappa shape index (κ1) is 21.2. The molecule has 1 aliphatic rings. The molecule has 0 unspecified atom stereocenters. The van der Waals surface area contributed by atoms with Gasteiger partial charge in [-0.05, 0) is 24.3 Å². The molecular weight excluding hydrogens is 414 g/mol. The summed E-state index contributed by atoms with van der Waals surface area (Å²) in [5.74, 6) is 0.846. The van der Waals surface area contributed by atoms with Crippen molar-refractivity contribution in [3.63, 3.8) is 0 Å². The maximum Gasteiger partial charge on any atom is 0.292 e. The third kappa shape index (κ3) is 5.00. The van der Waals surface area contributed by atoms with Crippen LogP contribution < -0.4 is 20.5 Å². The maximum atomic E-state index is 12.7. The summed E-state index contributed by atoms with van der Waals surface area (Å²) >= 11 is 6.45. The fourth-order valence-corrected chi connectivity index (χ4v) is 3.95. The third-order valence-electron chi connectivity index (χ3n) is 5.44. The van der Waals surface area contributed by atoms with Crippen molar-refractivity contribution in [2.75, 3.05) is 56.6 Å². The highest BCUT2D eigenvalue weighted by molar-refractivity contribution is 6.33. The van der Waals surface area contributed by atoms with Crippen LogP contribution in [-0.2, 0) is 0 Å². The summed E-state index contributed by atoms with van der Waals surface area (Å²) in [6.07, 6.45) is 1.69. The van der Waals surface area contributed by atoms with Crippen LogP contribution in [0.2, 0.25) is 5.02 Å². The molecule has 7 nitrogen and oxygen atoms in total. The summed E-state index contributed by atoms with van der Waals surface area (Å²) in [6, 6.07) is 17.2. The maximum absolute atomic E-state index is 12.7. The van der Waals surface area contributed by atoms with Gasteiger partial charge >= 0.3 is 0 Å². The molecule has 0 saturated carbocycles. The molecule has 0 amide bonds. The van der Waals surface area contributed by atoms with Crippen molar-refractivity contribution >= 4 is 23.0 Å². The zero-order valence-electron chi connectivity index (χ0n) is 17.5. The van der Waals surface area contributed by atoms with E-state index < -0.39 is 0 Å². The van der Waals surface area contributed by atoms with Crippen molar-refractivity contribution in [1.82, 2.24) is 14.7 Å². The van der Waals surface area contributed by atoms with E-state index in [0.717, 1.165) is 50.7 Å². The molecule has 1 aromatic heterocycles. The Labute approximate surface area is 186 Å². The topological polar surface area (TPSA) is 62.6 Å². The largest absolute Gasteiger partial charge is 0.497 e. The molecule has 0 spiro atoms. The van der Waals surface area contributed by atoms with E-state index in [1.165, 1.54) is 4.68 Å². The molecule has 31 heavy (non-hydrogen) atoms. The van der Waals surface area contributed by atoms with Crippen LogP contribution in [0.15, 0.2) is 65.6 Å². The first-order valence-corrected chi connectivity index (χ1v) is 10.7. The van der Waals surface area contributed by atoms with Gasteiger partial charge < -0.3 is 15.0 Å². The summed E-state index contributed by atoms with van der Waals surface area (Å²) in [5.41, 5.74) is 2.16. The van der Waals surface area contributed by atoms with E-state index >= 15 is 0 Å². The number of para-hydroxylation sites is 1. The lowest BCUT2D eigenvalue weighted by Gasteiger charge is -2.36. The summed E-state index contributed by atoms with van der Waals surface area (Å²) in [4.78, 5) is 17.3. The average Bonchev–Trinajstić information content (AvgIpc) is 2.82. The van der Waals surface area contributed by atoms with Crippen LogP contribution in [-0.4, -0.2) is 61.1 Å². The number of anilines is 2. The number of hydrogen-bond donors (Lipinski definition) is 1. The number of aromatic nitrogens is 2. The van der Waals surface area contributed by atoms with Crippen LogP contribution in [0.1, 0.15) is 0 Å². The van der Waals surface area contributed by atoms with Gasteiger partial charge in [-0.1, -0.05) is 35.9 Å². The van der Waals surface area contributed by atoms with Crippen LogP contribution in [0.4, 0.5) is 11.4 Å². The highest BCUT2D eigenvalue weighted by Crippen LogP contribution is 2.23. The Morgan fingerprint density at radius 3 is 2.58 bits per heavy atom. The summed E-state index contributed by atoms with van der Waals surface area (Å²) in [6.45, 7) is 5.19. The summed E-state index contributed by atoms with van der Waals surface area (Å²) in [7, 11) is 1.67. The molecule has 0 bridgehead atoms. The molecule has 2 aromatic carbocycles. The van der Waals surface area contributed by atoms with Crippen LogP contribution >= 0.6 is 11.6 Å². The van der Waals surface area contributed by atoms with Gasteiger partial charge in [-0.15, -0.1) is 0 Å². The molecule has 0 atom stereocenters. The first-order chi connectivity index (χ1) is 15.2. The highest BCUT2D eigenvalue weighted by atomic mass is 35.5. The lowest BCUT2D eigenvalue weighted by Crippen LogP contribution is -2.48.